The lowest BCUT2D eigenvalue weighted by Crippen LogP contribution is -2.29. The van der Waals surface area contributed by atoms with Crippen LogP contribution in [0.5, 0.6) is 0 Å². The van der Waals surface area contributed by atoms with E-state index < -0.39 is 6.10 Å². The summed E-state index contributed by atoms with van der Waals surface area (Å²) in [5, 5.41) is 15.9. The van der Waals surface area contributed by atoms with Gasteiger partial charge in [0.2, 0.25) is 0 Å². The van der Waals surface area contributed by atoms with Crippen molar-refractivity contribution in [1.29, 1.82) is 0 Å². The zero-order valence-electron chi connectivity index (χ0n) is 14.2. The van der Waals surface area contributed by atoms with Gasteiger partial charge in [-0.15, -0.1) is 0 Å². The van der Waals surface area contributed by atoms with E-state index in [0.29, 0.717) is 0 Å². The number of hydrogen-bond donors (Lipinski definition) is 1. The number of aliphatic hydroxyl groups excluding tert-OH is 1. The maximum absolute atomic E-state index is 10.6. The molecule has 0 aromatic heterocycles. The van der Waals surface area contributed by atoms with Crippen molar-refractivity contribution in [3.8, 4) is 0 Å². The molecule has 2 heteroatoms. The van der Waals surface area contributed by atoms with Gasteiger partial charge in [-0.2, -0.15) is 0 Å². The van der Waals surface area contributed by atoms with Crippen LogP contribution in [0, 0.1) is 16.4 Å². The number of halogens is 1. The predicted molar refractivity (Wildman–Crippen MR) is 103 cm³/mol. The standard InChI is InChI=1S/C22H22BrO/c1-13(2)22(24)20-7-3-5-14-16-11-12-19-15(6-4-8-21(19)23)17(16)9-10-18(14)20/h4,6,8-10,12,22,24H,3,5,7,11H2,1-2H3/t22-/m1/s1. The molecule has 0 unspecified atom stereocenters. The van der Waals surface area contributed by atoms with Gasteiger partial charge >= 0.3 is 0 Å². The van der Waals surface area contributed by atoms with Gasteiger partial charge in [0.1, 0.15) is 0 Å². The predicted octanol–water partition coefficient (Wildman–Crippen LogP) is 3.53. The summed E-state index contributed by atoms with van der Waals surface area (Å²) in [6.07, 6.45) is 6.17. The average molecular weight is 382 g/mol. The van der Waals surface area contributed by atoms with Crippen LogP contribution in [-0.4, -0.2) is 11.2 Å². The minimum absolute atomic E-state index is 0.406. The van der Waals surface area contributed by atoms with E-state index in [0.717, 1.165) is 31.6 Å². The first-order valence-corrected chi connectivity index (χ1v) is 9.48. The highest BCUT2D eigenvalue weighted by molar-refractivity contribution is 9.10. The van der Waals surface area contributed by atoms with E-state index in [1.807, 2.05) is 13.8 Å². The van der Waals surface area contributed by atoms with Crippen molar-refractivity contribution < 1.29 is 5.11 Å². The van der Waals surface area contributed by atoms with Gasteiger partial charge < -0.3 is 5.11 Å². The molecule has 0 heterocycles. The number of aliphatic hydroxyl groups is 1. The fourth-order valence-corrected chi connectivity index (χ4v) is 4.70. The number of fused-ring (bicyclic) bond motifs is 4. The van der Waals surface area contributed by atoms with Crippen LogP contribution in [0.1, 0.15) is 37.8 Å². The first-order chi connectivity index (χ1) is 11.6. The second kappa shape index (κ2) is 6.16. The maximum atomic E-state index is 10.6. The van der Waals surface area contributed by atoms with E-state index in [-0.39, 0.29) is 0 Å². The van der Waals surface area contributed by atoms with Gasteiger partial charge in [-0.05, 0) is 69.3 Å². The van der Waals surface area contributed by atoms with Crippen LogP contribution in [0.25, 0.3) is 11.6 Å². The van der Waals surface area contributed by atoms with E-state index >= 15 is 0 Å². The Morgan fingerprint density at radius 3 is 2.58 bits per heavy atom. The van der Waals surface area contributed by atoms with E-state index in [1.54, 1.807) is 0 Å². The van der Waals surface area contributed by atoms with Gasteiger partial charge in [-0.25, -0.2) is 0 Å². The second-order valence-electron chi connectivity index (χ2n) is 7.09. The summed E-state index contributed by atoms with van der Waals surface area (Å²) in [4.78, 5) is 0. The quantitative estimate of drug-likeness (QED) is 0.843. The molecule has 0 fully saturated rings. The molecule has 2 aromatic carbocycles. The molecule has 0 spiro atoms. The van der Waals surface area contributed by atoms with Crippen molar-refractivity contribution in [3.63, 3.8) is 0 Å². The van der Waals surface area contributed by atoms with Crippen LogP contribution in [0.15, 0.2) is 34.8 Å². The summed E-state index contributed by atoms with van der Waals surface area (Å²) in [7, 11) is 0. The number of benzene rings is 2. The van der Waals surface area contributed by atoms with Crippen molar-refractivity contribution in [2.24, 2.45) is 0 Å². The third-order valence-electron chi connectivity index (χ3n) is 5.38. The fourth-order valence-electron chi connectivity index (χ4n) is 4.17. The lowest BCUT2D eigenvalue weighted by molar-refractivity contribution is 0.240. The first kappa shape index (κ1) is 16.1. The Hall–Kier alpha value is -1.38. The van der Waals surface area contributed by atoms with Gasteiger partial charge in [0.15, 0.2) is 0 Å². The molecule has 2 aromatic rings. The molecule has 0 bridgehead atoms. The molecule has 1 atom stereocenters. The van der Waals surface area contributed by atoms with Gasteiger partial charge in [0.05, 0.1) is 6.10 Å². The van der Waals surface area contributed by atoms with Crippen molar-refractivity contribution in [3.05, 3.63) is 72.7 Å². The Morgan fingerprint density at radius 2 is 1.79 bits per heavy atom. The van der Waals surface area contributed by atoms with Crippen LogP contribution in [0.2, 0.25) is 0 Å². The van der Waals surface area contributed by atoms with E-state index in [2.05, 4.69) is 52.3 Å². The lowest BCUT2D eigenvalue weighted by Gasteiger charge is -2.25. The molecular weight excluding hydrogens is 360 g/mol. The normalized spacial score (nSPS) is 17.0. The summed E-state index contributed by atoms with van der Waals surface area (Å²) in [6.45, 7) is 4.04. The minimum Gasteiger partial charge on any atom is -0.388 e. The Kier molecular flexibility index (Phi) is 4.14. The number of hydrogen-bond acceptors (Lipinski definition) is 1. The molecule has 0 amide bonds. The summed E-state index contributed by atoms with van der Waals surface area (Å²) < 4.78 is 1.17. The van der Waals surface area contributed by atoms with E-state index in [1.165, 1.54) is 42.0 Å². The Labute approximate surface area is 151 Å². The molecular formula is C22H22BrO. The van der Waals surface area contributed by atoms with Crippen LogP contribution in [0.3, 0.4) is 0 Å². The van der Waals surface area contributed by atoms with Crippen LogP contribution in [0.4, 0.5) is 0 Å². The zero-order chi connectivity index (χ0) is 16.8. The highest BCUT2D eigenvalue weighted by Crippen LogP contribution is 2.26. The molecule has 2 aliphatic carbocycles. The third-order valence-corrected chi connectivity index (χ3v) is 6.07. The molecule has 0 saturated heterocycles. The molecule has 0 aliphatic heterocycles. The molecule has 1 nitrogen and oxygen atoms in total. The smallest absolute Gasteiger partial charge is 0.0816 e. The molecule has 24 heavy (non-hydrogen) atoms. The average Bonchev–Trinajstić information content (AvgIpc) is 2.60. The summed E-state index contributed by atoms with van der Waals surface area (Å²) in [5.74, 6) is 1.08. The Morgan fingerprint density at radius 1 is 1.00 bits per heavy atom. The summed E-state index contributed by atoms with van der Waals surface area (Å²) in [5.41, 5.74) is 4.12. The molecule has 123 valence electrons. The topological polar surface area (TPSA) is 20.2 Å². The van der Waals surface area contributed by atoms with E-state index in [9.17, 15) is 5.11 Å². The molecule has 2 aliphatic rings. The molecule has 1 radical (unpaired) electrons. The van der Waals surface area contributed by atoms with E-state index in [4.69, 9.17) is 0 Å². The van der Waals surface area contributed by atoms with Gasteiger partial charge in [0, 0.05) is 10.4 Å². The second-order valence-corrected chi connectivity index (χ2v) is 7.94. The highest BCUT2D eigenvalue weighted by Gasteiger charge is 2.22. The van der Waals surface area contributed by atoms with Crippen LogP contribution in [-0.2, 0) is 12.8 Å². The SMILES string of the molecule is C[C](C)[C@@H](O)C1=c2ccc3c(c2CCC1)CC=c1c(Br)cccc1=3. The largest absolute Gasteiger partial charge is 0.388 e. The zero-order valence-corrected chi connectivity index (χ0v) is 15.8. The molecule has 0 saturated carbocycles. The monoisotopic (exact) mass is 381 g/mol. The Bertz CT molecular complexity index is 1020. The Balaban J connectivity index is 2.10. The van der Waals surface area contributed by atoms with Gasteiger partial charge in [-0.3, -0.25) is 0 Å². The summed E-state index contributed by atoms with van der Waals surface area (Å²) >= 11 is 3.68. The van der Waals surface area contributed by atoms with Crippen LogP contribution < -0.4 is 10.4 Å². The molecule has 4 rings (SSSR count). The van der Waals surface area contributed by atoms with Crippen molar-refractivity contribution in [2.75, 3.05) is 0 Å². The third kappa shape index (κ3) is 2.48. The van der Waals surface area contributed by atoms with Crippen molar-refractivity contribution >= 4 is 27.6 Å². The minimum atomic E-state index is -0.406. The van der Waals surface area contributed by atoms with Crippen molar-refractivity contribution in [1.82, 2.24) is 0 Å². The highest BCUT2D eigenvalue weighted by atomic mass is 79.9. The van der Waals surface area contributed by atoms with Crippen LogP contribution >= 0.6 is 15.9 Å². The fraction of sp³-hybridized carbons (Fsp3) is 0.318. The van der Waals surface area contributed by atoms with Crippen molar-refractivity contribution in [2.45, 2.75) is 45.6 Å². The maximum Gasteiger partial charge on any atom is 0.0816 e. The van der Waals surface area contributed by atoms with Gasteiger partial charge in [0.25, 0.3) is 0 Å². The van der Waals surface area contributed by atoms with Gasteiger partial charge in [-0.1, -0.05) is 60.1 Å². The number of rotatable bonds is 2. The first-order valence-electron chi connectivity index (χ1n) is 8.69. The summed E-state index contributed by atoms with van der Waals surface area (Å²) in [6, 6.07) is 10.9. The molecule has 1 N–H and O–H groups in total. The lowest BCUT2D eigenvalue weighted by atomic mass is 9.82.